The van der Waals surface area contributed by atoms with Crippen LogP contribution in [0, 0.1) is 5.92 Å². The summed E-state index contributed by atoms with van der Waals surface area (Å²) in [6.07, 6.45) is 3.87. The van der Waals surface area contributed by atoms with Crippen molar-refractivity contribution in [3.8, 4) is 17.1 Å². The van der Waals surface area contributed by atoms with E-state index in [1.54, 1.807) is 36.5 Å². The van der Waals surface area contributed by atoms with Crippen LogP contribution < -0.4 is 15.6 Å². The van der Waals surface area contributed by atoms with Crippen molar-refractivity contribution < 1.29 is 9.53 Å². The third-order valence-corrected chi connectivity index (χ3v) is 6.06. The van der Waals surface area contributed by atoms with E-state index in [1.165, 1.54) is 4.57 Å². The van der Waals surface area contributed by atoms with Crippen molar-refractivity contribution in [3.63, 3.8) is 0 Å². The molecule has 1 amide bonds. The minimum atomic E-state index is -0.353. The van der Waals surface area contributed by atoms with Crippen LogP contribution in [0.4, 0.5) is 0 Å². The summed E-state index contributed by atoms with van der Waals surface area (Å²) in [5.41, 5.74) is 0.576. The number of halogens is 1. The maximum absolute atomic E-state index is 13.5. The van der Waals surface area contributed by atoms with Crippen LogP contribution in [0.25, 0.3) is 22.4 Å². The molecule has 34 heavy (non-hydrogen) atoms. The molecule has 0 aliphatic carbocycles. The van der Waals surface area contributed by atoms with Gasteiger partial charge in [0.15, 0.2) is 5.65 Å². The fraction of sp³-hybridized carbons (Fsp3) is 0.440. The Kier molecular flexibility index (Phi) is 7.48. The molecular weight excluding hydrogens is 454 g/mol. The van der Waals surface area contributed by atoms with Gasteiger partial charge in [-0.05, 0) is 58.5 Å². The fourth-order valence-corrected chi connectivity index (χ4v) is 4.49. The van der Waals surface area contributed by atoms with Crippen LogP contribution in [0.5, 0.6) is 5.75 Å². The largest absolute Gasteiger partial charge is 0.492 e. The molecule has 2 aromatic heterocycles. The number of fused-ring (bicyclic) bond motifs is 1. The molecule has 1 aromatic carbocycles. The predicted octanol–water partition coefficient (Wildman–Crippen LogP) is 3.36. The van der Waals surface area contributed by atoms with Crippen LogP contribution in [0.15, 0.2) is 41.3 Å². The van der Waals surface area contributed by atoms with E-state index < -0.39 is 0 Å². The number of carbonyl (C=O) groups excluding carboxylic acids is 1. The van der Waals surface area contributed by atoms with Gasteiger partial charge >= 0.3 is 0 Å². The summed E-state index contributed by atoms with van der Waals surface area (Å²) in [6.45, 7) is 6.24. The molecule has 1 saturated heterocycles. The Labute approximate surface area is 203 Å². The molecule has 0 spiro atoms. The number of nitrogens with zero attached hydrogens (tertiary/aromatic N) is 4. The van der Waals surface area contributed by atoms with E-state index in [2.05, 4.69) is 27.2 Å². The molecule has 1 fully saturated rings. The number of amides is 1. The van der Waals surface area contributed by atoms with Crippen LogP contribution in [0.1, 0.15) is 26.7 Å². The maximum Gasteiger partial charge on any atom is 0.263 e. The van der Waals surface area contributed by atoms with E-state index in [0.717, 1.165) is 25.9 Å². The first-order valence-corrected chi connectivity index (χ1v) is 11.9. The van der Waals surface area contributed by atoms with Crippen LogP contribution in [-0.4, -0.2) is 58.1 Å². The van der Waals surface area contributed by atoms with Crippen molar-refractivity contribution in [1.29, 1.82) is 0 Å². The summed E-state index contributed by atoms with van der Waals surface area (Å²) < 4.78 is 7.37. The zero-order valence-electron chi connectivity index (χ0n) is 19.8. The zero-order chi connectivity index (χ0) is 24.2. The number of rotatable bonds is 7. The van der Waals surface area contributed by atoms with Gasteiger partial charge in [0, 0.05) is 29.1 Å². The highest BCUT2D eigenvalue weighted by Gasteiger charge is 2.20. The molecule has 4 rings (SSSR count). The van der Waals surface area contributed by atoms with Crippen molar-refractivity contribution in [3.05, 3.63) is 51.9 Å². The van der Waals surface area contributed by atoms with E-state index in [4.69, 9.17) is 16.3 Å². The lowest BCUT2D eigenvalue weighted by Gasteiger charge is -2.29. The normalized spacial score (nSPS) is 16.7. The Balaban J connectivity index is 1.70. The van der Waals surface area contributed by atoms with E-state index in [1.807, 2.05) is 13.8 Å². The Bertz CT molecular complexity index is 1240. The number of piperidine rings is 1. The fourth-order valence-electron chi connectivity index (χ4n) is 4.30. The second-order valence-corrected chi connectivity index (χ2v) is 9.62. The number of pyridine rings is 1. The predicted molar refractivity (Wildman–Crippen MR) is 133 cm³/mol. The molecule has 9 heteroatoms. The average Bonchev–Trinajstić information content (AvgIpc) is 2.79. The second kappa shape index (κ2) is 10.5. The third kappa shape index (κ3) is 5.74. The minimum absolute atomic E-state index is 0.0493. The summed E-state index contributed by atoms with van der Waals surface area (Å²) in [4.78, 5) is 37.4. The quantitative estimate of drug-likeness (QED) is 0.554. The number of carbonyl (C=O) groups is 1. The molecule has 180 valence electrons. The van der Waals surface area contributed by atoms with E-state index in [9.17, 15) is 9.59 Å². The van der Waals surface area contributed by atoms with Gasteiger partial charge in [0.05, 0.1) is 18.2 Å². The van der Waals surface area contributed by atoms with Gasteiger partial charge in [0.1, 0.15) is 18.1 Å². The standard InChI is InChI=1S/C25H30ClN5O3/c1-16(2)28-22(32)14-31-24(18-7-4-8-19(26)10-18)29-23-21(25(31)33)11-20(12-27-23)34-15-17-6-5-9-30(3)13-17/h4,7-8,10-12,16-17H,5-6,9,13-15H2,1-3H3,(H,28,32). The first kappa shape index (κ1) is 24.2. The summed E-state index contributed by atoms with van der Waals surface area (Å²) in [6, 6.07) is 8.65. The van der Waals surface area contributed by atoms with Crippen molar-refractivity contribution in [2.45, 2.75) is 39.3 Å². The Morgan fingerprint density at radius 1 is 1.32 bits per heavy atom. The van der Waals surface area contributed by atoms with Gasteiger partial charge < -0.3 is 15.0 Å². The number of ether oxygens (including phenoxy) is 1. The molecule has 1 N–H and O–H groups in total. The van der Waals surface area contributed by atoms with Gasteiger partial charge in [0.25, 0.3) is 5.56 Å². The molecule has 0 bridgehead atoms. The summed E-state index contributed by atoms with van der Waals surface area (Å²) >= 11 is 6.18. The third-order valence-electron chi connectivity index (χ3n) is 5.83. The summed E-state index contributed by atoms with van der Waals surface area (Å²) in [7, 11) is 2.12. The number of hydrogen-bond acceptors (Lipinski definition) is 6. The number of likely N-dealkylation sites (tertiary alicyclic amines) is 1. The highest BCUT2D eigenvalue weighted by atomic mass is 35.5. The lowest BCUT2D eigenvalue weighted by molar-refractivity contribution is -0.122. The first-order chi connectivity index (χ1) is 16.3. The zero-order valence-corrected chi connectivity index (χ0v) is 20.5. The van der Waals surface area contributed by atoms with E-state index in [0.29, 0.717) is 45.7 Å². The molecule has 1 unspecified atom stereocenters. The SMILES string of the molecule is CC(C)NC(=O)Cn1c(-c2cccc(Cl)c2)nc2ncc(OCC3CCCN(C)C3)cc2c1=O. The molecule has 8 nitrogen and oxygen atoms in total. The molecule has 1 atom stereocenters. The lowest BCUT2D eigenvalue weighted by atomic mass is 10.00. The van der Waals surface area contributed by atoms with Gasteiger partial charge in [-0.2, -0.15) is 0 Å². The van der Waals surface area contributed by atoms with Crippen molar-refractivity contribution in [2.75, 3.05) is 26.7 Å². The second-order valence-electron chi connectivity index (χ2n) is 9.18. The Morgan fingerprint density at radius 2 is 2.15 bits per heavy atom. The van der Waals surface area contributed by atoms with Gasteiger partial charge in [-0.25, -0.2) is 9.97 Å². The van der Waals surface area contributed by atoms with Gasteiger partial charge in [-0.3, -0.25) is 14.2 Å². The Hall–Kier alpha value is -2.97. The molecule has 0 saturated carbocycles. The maximum atomic E-state index is 13.5. The molecule has 1 aliphatic rings. The highest BCUT2D eigenvalue weighted by Crippen LogP contribution is 2.24. The number of aromatic nitrogens is 3. The van der Waals surface area contributed by atoms with Crippen LogP contribution in [0.3, 0.4) is 0 Å². The lowest BCUT2D eigenvalue weighted by Crippen LogP contribution is -2.37. The van der Waals surface area contributed by atoms with E-state index in [-0.39, 0.29) is 24.1 Å². The summed E-state index contributed by atoms with van der Waals surface area (Å²) in [5.74, 6) is 1.02. The van der Waals surface area contributed by atoms with Crippen LogP contribution in [0.2, 0.25) is 5.02 Å². The van der Waals surface area contributed by atoms with Crippen LogP contribution in [-0.2, 0) is 11.3 Å². The van der Waals surface area contributed by atoms with Gasteiger partial charge in [-0.1, -0.05) is 23.7 Å². The summed E-state index contributed by atoms with van der Waals surface area (Å²) in [5, 5.41) is 3.65. The monoisotopic (exact) mass is 483 g/mol. The average molecular weight is 484 g/mol. The molecule has 0 radical (unpaired) electrons. The Morgan fingerprint density at radius 3 is 2.88 bits per heavy atom. The molecule has 3 heterocycles. The molecule has 1 aliphatic heterocycles. The molecular formula is C25H30ClN5O3. The van der Waals surface area contributed by atoms with Crippen molar-refractivity contribution in [1.82, 2.24) is 24.8 Å². The topological polar surface area (TPSA) is 89.3 Å². The van der Waals surface area contributed by atoms with Crippen molar-refractivity contribution in [2.24, 2.45) is 5.92 Å². The highest BCUT2D eigenvalue weighted by molar-refractivity contribution is 6.30. The smallest absolute Gasteiger partial charge is 0.263 e. The number of benzene rings is 1. The number of nitrogens with one attached hydrogen (secondary N) is 1. The van der Waals surface area contributed by atoms with E-state index >= 15 is 0 Å². The molecule has 3 aromatic rings. The van der Waals surface area contributed by atoms with Crippen LogP contribution >= 0.6 is 11.6 Å². The first-order valence-electron chi connectivity index (χ1n) is 11.6. The van der Waals surface area contributed by atoms with Gasteiger partial charge in [0.2, 0.25) is 5.91 Å². The number of hydrogen-bond donors (Lipinski definition) is 1. The van der Waals surface area contributed by atoms with Crippen molar-refractivity contribution >= 4 is 28.5 Å². The minimum Gasteiger partial charge on any atom is -0.492 e. The van der Waals surface area contributed by atoms with Gasteiger partial charge in [-0.15, -0.1) is 0 Å².